The maximum atomic E-state index is 12.9. The van der Waals surface area contributed by atoms with Gasteiger partial charge in [0.25, 0.3) is 5.91 Å². The first kappa shape index (κ1) is 22.5. The molecule has 0 spiro atoms. The van der Waals surface area contributed by atoms with Crippen LogP contribution in [0.5, 0.6) is 5.75 Å². The van der Waals surface area contributed by atoms with Gasteiger partial charge in [0.2, 0.25) is 10.0 Å². The monoisotopic (exact) mass is 458 g/mol. The number of carbonyl (C=O) groups is 1. The molecule has 0 aliphatic carbocycles. The number of carbonyl (C=O) groups excluding carboxylic acids is 1. The molecule has 30 heavy (non-hydrogen) atoms. The average Bonchev–Trinajstić information content (AvgIpc) is 2.70. The number of rotatable bonds is 6. The number of ether oxygens (including phenoxy) is 1. The fourth-order valence-corrected chi connectivity index (χ4v) is 5.00. The quantitative estimate of drug-likeness (QED) is 0.682. The zero-order valence-electron chi connectivity index (χ0n) is 16.2. The Morgan fingerprint density at radius 2 is 1.83 bits per heavy atom. The smallest absolute Gasteiger partial charge is 0.387 e. The van der Waals surface area contributed by atoms with Crippen molar-refractivity contribution in [3.8, 4) is 5.75 Å². The van der Waals surface area contributed by atoms with Gasteiger partial charge in [0.15, 0.2) is 0 Å². The van der Waals surface area contributed by atoms with E-state index in [9.17, 15) is 22.0 Å². The lowest BCUT2D eigenvalue weighted by Gasteiger charge is -2.26. The lowest BCUT2D eigenvalue weighted by atomic mass is 10.1. The van der Waals surface area contributed by atoms with E-state index in [1.54, 1.807) is 13.0 Å². The van der Waals surface area contributed by atoms with Gasteiger partial charge in [-0.2, -0.15) is 13.1 Å². The zero-order chi connectivity index (χ0) is 21.9. The highest BCUT2D eigenvalue weighted by molar-refractivity contribution is 7.89. The predicted molar refractivity (Wildman–Crippen MR) is 110 cm³/mol. The van der Waals surface area contributed by atoms with Crippen LogP contribution in [0.4, 0.5) is 14.5 Å². The number of halogens is 3. The Morgan fingerprint density at radius 3 is 2.47 bits per heavy atom. The van der Waals surface area contributed by atoms with Crippen LogP contribution in [0, 0.1) is 6.92 Å². The van der Waals surface area contributed by atoms with Crippen molar-refractivity contribution in [2.24, 2.45) is 0 Å². The Hall–Kier alpha value is -2.23. The van der Waals surface area contributed by atoms with Gasteiger partial charge in [-0.1, -0.05) is 24.1 Å². The third-order valence-electron chi connectivity index (χ3n) is 4.81. The lowest BCUT2D eigenvalue weighted by Crippen LogP contribution is -2.35. The van der Waals surface area contributed by atoms with E-state index in [4.69, 9.17) is 11.6 Å². The van der Waals surface area contributed by atoms with Crippen molar-refractivity contribution in [3.05, 3.63) is 52.5 Å². The molecule has 1 aliphatic rings. The van der Waals surface area contributed by atoms with Crippen molar-refractivity contribution in [1.82, 2.24) is 4.31 Å². The molecule has 0 aromatic heterocycles. The minimum Gasteiger partial charge on any atom is -0.433 e. The van der Waals surface area contributed by atoms with Crippen molar-refractivity contribution < 1.29 is 26.7 Å². The van der Waals surface area contributed by atoms with Crippen LogP contribution in [0.2, 0.25) is 5.02 Å². The van der Waals surface area contributed by atoms with Crippen LogP contribution in [-0.4, -0.2) is 38.3 Å². The van der Waals surface area contributed by atoms with E-state index in [-0.39, 0.29) is 26.9 Å². The minimum absolute atomic E-state index is 0.0545. The maximum Gasteiger partial charge on any atom is 0.387 e. The van der Waals surface area contributed by atoms with E-state index in [2.05, 4.69) is 10.1 Å². The van der Waals surface area contributed by atoms with Gasteiger partial charge < -0.3 is 10.1 Å². The van der Waals surface area contributed by atoms with Crippen LogP contribution in [0.15, 0.2) is 41.3 Å². The number of sulfonamides is 1. The van der Waals surface area contributed by atoms with Crippen LogP contribution < -0.4 is 10.1 Å². The highest BCUT2D eigenvalue weighted by atomic mass is 35.5. The summed E-state index contributed by atoms with van der Waals surface area (Å²) in [5.74, 6) is -0.753. The first-order valence-electron chi connectivity index (χ1n) is 9.35. The number of amides is 1. The number of alkyl halides is 2. The summed E-state index contributed by atoms with van der Waals surface area (Å²) in [5.41, 5.74) is 1.04. The van der Waals surface area contributed by atoms with E-state index in [1.807, 2.05) is 0 Å². The summed E-state index contributed by atoms with van der Waals surface area (Å²) in [4.78, 5) is 12.8. The second-order valence-electron chi connectivity index (χ2n) is 6.92. The van der Waals surface area contributed by atoms with E-state index in [1.165, 1.54) is 34.6 Å². The number of hydrogen-bond acceptors (Lipinski definition) is 4. The SMILES string of the molecule is Cc1ccc(S(=O)(=O)N2CCCCC2)cc1C(=O)Nc1ccc(OC(F)F)c(Cl)c1. The number of benzene rings is 2. The molecule has 0 bridgehead atoms. The first-order valence-corrected chi connectivity index (χ1v) is 11.2. The van der Waals surface area contributed by atoms with Crippen molar-refractivity contribution >= 4 is 33.2 Å². The Balaban J connectivity index is 1.82. The highest BCUT2D eigenvalue weighted by Crippen LogP contribution is 2.29. The van der Waals surface area contributed by atoms with Crippen molar-refractivity contribution in [2.75, 3.05) is 18.4 Å². The molecule has 1 saturated heterocycles. The van der Waals surface area contributed by atoms with Crippen LogP contribution in [0.1, 0.15) is 35.2 Å². The molecule has 10 heteroatoms. The number of nitrogens with one attached hydrogen (secondary N) is 1. The molecular weight excluding hydrogens is 438 g/mol. The van der Waals surface area contributed by atoms with Crippen LogP contribution in [0.3, 0.4) is 0 Å². The zero-order valence-corrected chi connectivity index (χ0v) is 17.8. The standard InChI is InChI=1S/C20H21ClF2N2O4S/c1-13-5-7-15(30(27,28)25-9-3-2-4-10-25)12-16(13)19(26)24-14-6-8-18(17(21)11-14)29-20(22)23/h5-8,11-12,20H,2-4,9-10H2,1H3,(H,24,26). The van der Waals surface area contributed by atoms with Crippen molar-refractivity contribution in [3.63, 3.8) is 0 Å². The molecular formula is C20H21ClF2N2O4S. The largest absolute Gasteiger partial charge is 0.433 e. The van der Waals surface area contributed by atoms with Crippen molar-refractivity contribution in [1.29, 1.82) is 0 Å². The summed E-state index contributed by atoms with van der Waals surface area (Å²) in [6, 6.07) is 8.28. The normalized spacial score (nSPS) is 15.2. The average molecular weight is 459 g/mol. The fraction of sp³-hybridized carbons (Fsp3) is 0.350. The van der Waals surface area contributed by atoms with E-state index >= 15 is 0 Å². The minimum atomic E-state index is -3.69. The van der Waals surface area contributed by atoms with E-state index in [0.717, 1.165) is 19.3 Å². The Labute approximate surface area is 178 Å². The molecule has 1 heterocycles. The first-order chi connectivity index (χ1) is 14.2. The van der Waals surface area contributed by atoms with Crippen LogP contribution in [-0.2, 0) is 10.0 Å². The van der Waals surface area contributed by atoms with Gasteiger partial charge >= 0.3 is 6.61 Å². The van der Waals surface area contributed by atoms with Crippen LogP contribution >= 0.6 is 11.6 Å². The third-order valence-corrected chi connectivity index (χ3v) is 7.00. The van der Waals surface area contributed by atoms with E-state index < -0.39 is 22.5 Å². The second kappa shape index (κ2) is 9.28. The second-order valence-corrected chi connectivity index (χ2v) is 9.26. The summed E-state index contributed by atoms with van der Waals surface area (Å²) in [7, 11) is -3.69. The third kappa shape index (κ3) is 5.08. The van der Waals surface area contributed by atoms with Gasteiger partial charge in [0.05, 0.1) is 9.92 Å². The topological polar surface area (TPSA) is 75.7 Å². The summed E-state index contributed by atoms with van der Waals surface area (Å²) in [5, 5.41) is 2.51. The molecule has 0 saturated carbocycles. The molecule has 1 N–H and O–H groups in total. The summed E-state index contributed by atoms with van der Waals surface area (Å²) >= 11 is 5.91. The summed E-state index contributed by atoms with van der Waals surface area (Å²) < 4.78 is 56.2. The van der Waals surface area contributed by atoms with Crippen molar-refractivity contribution in [2.45, 2.75) is 37.7 Å². The lowest BCUT2D eigenvalue weighted by molar-refractivity contribution is -0.0497. The Kier molecular flexibility index (Phi) is 6.95. The molecule has 2 aromatic carbocycles. The number of nitrogens with zero attached hydrogens (tertiary/aromatic N) is 1. The van der Waals surface area contributed by atoms with Gasteiger partial charge in [0, 0.05) is 24.3 Å². The van der Waals surface area contributed by atoms with Crippen LogP contribution in [0.25, 0.3) is 0 Å². The molecule has 162 valence electrons. The molecule has 0 radical (unpaired) electrons. The molecule has 0 atom stereocenters. The van der Waals surface area contributed by atoms with Gasteiger partial charge in [-0.05, 0) is 55.7 Å². The Bertz CT molecular complexity index is 1040. The summed E-state index contributed by atoms with van der Waals surface area (Å²) in [6.45, 7) is -0.402. The molecule has 3 rings (SSSR count). The number of anilines is 1. The number of aryl methyl sites for hydroxylation is 1. The molecule has 1 aliphatic heterocycles. The Morgan fingerprint density at radius 1 is 1.13 bits per heavy atom. The summed E-state index contributed by atoms with van der Waals surface area (Å²) in [6.07, 6.45) is 2.62. The molecule has 1 fully saturated rings. The fourth-order valence-electron chi connectivity index (χ4n) is 3.23. The molecule has 0 unspecified atom stereocenters. The van der Waals surface area contributed by atoms with Gasteiger partial charge in [-0.25, -0.2) is 8.42 Å². The molecule has 2 aromatic rings. The van der Waals surface area contributed by atoms with Gasteiger partial charge in [-0.3, -0.25) is 4.79 Å². The number of hydrogen-bond donors (Lipinski definition) is 1. The van der Waals surface area contributed by atoms with Gasteiger partial charge in [0.1, 0.15) is 5.75 Å². The molecule has 6 nitrogen and oxygen atoms in total. The highest BCUT2D eigenvalue weighted by Gasteiger charge is 2.27. The van der Waals surface area contributed by atoms with Gasteiger partial charge in [-0.15, -0.1) is 0 Å². The number of piperidine rings is 1. The predicted octanol–water partition coefficient (Wildman–Crippen LogP) is 4.68. The van der Waals surface area contributed by atoms with E-state index in [0.29, 0.717) is 18.7 Å². The maximum absolute atomic E-state index is 12.9. The molecule has 1 amide bonds.